The van der Waals surface area contributed by atoms with Crippen LogP contribution in [0.25, 0.3) is 0 Å². The van der Waals surface area contributed by atoms with Crippen molar-refractivity contribution in [3.05, 3.63) is 30.6 Å². The first kappa shape index (κ1) is 12.0. The molecule has 0 fully saturated rings. The number of benzene rings is 1. The number of nitrogens with zero attached hydrogens (tertiary/aromatic N) is 5. The predicted octanol–water partition coefficient (Wildman–Crippen LogP) is 0.345. The maximum Gasteiger partial charge on any atom is 0.248 e. The van der Waals surface area contributed by atoms with E-state index in [2.05, 4.69) is 15.5 Å². The van der Waals surface area contributed by atoms with Gasteiger partial charge in [-0.15, -0.1) is 5.10 Å². The Kier molecular flexibility index (Phi) is 3.52. The predicted molar refractivity (Wildman–Crippen MR) is 64.2 cm³/mol. The number of para-hydroxylation sites is 2. The summed E-state index contributed by atoms with van der Waals surface area (Å²) < 4.78 is 6.58. The molecule has 94 valence electrons. The third-order valence-electron chi connectivity index (χ3n) is 2.51. The molecule has 0 saturated carbocycles. The van der Waals surface area contributed by atoms with Crippen LogP contribution < -0.4 is 9.64 Å². The first-order valence-corrected chi connectivity index (χ1v) is 5.32. The molecular weight excluding hydrogens is 234 g/mol. The van der Waals surface area contributed by atoms with Crippen LogP contribution in [0.1, 0.15) is 0 Å². The van der Waals surface area contributed by atoms with Crippen LogP contribution in [0.2, 0.25) is 0 Å². The Morgan fingerprint density at radius 1 is 1.44 bits per heavy atom. The summed E-state index contributed by atoms with van der Waals surface area (Å²) in [4.78, 5) is 13.5. The number of rotatable bonds is 4. The van der Waals surface area contributed by atoms with Crippen LogP contribution in [0.3, 0.4) is 0 Å². The number of hydrogen-bond donors (Lipinski definition) is 0. The van der Waals surface area contributed by atoms with Gasteiger partial charge < -0.3 is 9.64 Å². The molecule has 0 bridgehead atoms. The standard InChI is InChI=1S/C11H13N5O2/c1-15(9-5-3-4-6-10(9)18-2)11(17)7-16-8-12-13-14-16/h3-6,8H,7H2,1-2H3. The highest BCUT2D eigenvalue weighted by Crippen LogP contribution is 2.26. The highest BCUT2D eigenvalue weighted by Gasteiger charge is 2.15. The zero-order valence-electron chi connectivity index (χ0n) is 10.1. The summed E-state index contributed by atoms with van der Waals surface area (Å²) in [6.07, 6.45) is 1.40. The van der Waals surface area contributed by atoms with Crippen molar-refractivity contribution in [1.29, 1.82) is 0 Å². The molecular formula is C11H13N5O2. The Balaban J connectivity index is 2.15. The number of tetrazole rings is 1. The molecule has 0 aliphatic heterocycles. The van der Waals surface area contributed by atoms with Crippen LogP contribution in [-0.2, 0) is 11.3 Å². The molecule has 0 spiro atoms. The molecule has 0 N–H and O–H groups in total. The van der Waals surface area contributed by atoms with Gasteiger partial charge in [0.2, 0.25) is 5.91 Å². The van der Waals surface area contributed by atoms with Gasteiger partial charge in [-0.25, -0.2) is 4.68 Å². The second kappa shape index (κ2) is 5.26. The van der Waals surface area contributed by atoms with Crippen molar-refractivity contribution in [3.8, 4) is 5.75 Å². The van der Waals surface area contributed by atoms with Gasteiger partial charge in [-0.05, 0) is 22.6 Å². The minimum Gasteiger partial charge on any atom is -0.495 e. The molecule has 2 rings (SSSR count). The van der Waals surface area contributed by atoms with Crippen molar-refractivity contribution in [2.24, 2.45) is 0 Å². The number of methoxy groups -OCH3 is 1. The smallest absolute Gasteiger partial charge is 0.248 e. The molecule has 1 heterocycles. The van der Waals surface area contributed by atoms with Crippen LogP contribution >= 0.6 is 0 Å². The maximum absolute atomic E-state index is 12.0. The second-order valence-electron chi connectivity index (χ2n) is 3.63. The van der Waals surface area contributed by atoms with Crippen LogP contribution in [0.15, 0.2) is 30.6 Å². The fourth-order valence-electron chi connectivity index (χ4n) is 1.54. The van der Waals surface area contributed by atoms with E-state index in [9.17, 15) is 4.79 Å². The fourth-order valence-corrected chi connectivity index (χ4v) is 1.54. The summed E-state index contributed by atoms with van der Waals surface area (Å²) >= 11 is 0. The number of likely N-dealkylation sites (N-methyl/N-ethyl adjacent to an activating group) is 1. The maximum atomic E-state index is 12.0. The van der Waals surface area contributed by atoms with E-state index in [4.69, 9.17) is 4.74 Å². The van der Waals surface area contributed by atoms with Crippen molar-refractivity contribution in [1.82, 2.24) is 20.2 Å². The van der Waals surface area contributed by atoms with Crippen molar-refractivity contribution < 1.29 is 9.53 Å². The highest BCUT2D eigenvalue weighted by molar-refractivity contribution is 5.94. The number of ether oxygens (including phenoxy) is 1. The van der Waals surface area contributed by atoms with Crippen molar-refractivity contribution in [2.75, 3.05) is 19.1 Å². The minimum atomic E-state index is -0.133. The molecule has 1 aromatic heterocycles. The zero-order chi connectivity index (χ0) is 13.0. The van der Waals surface area contributed by atoms with Gasteiger partial charge in [0.15, 0.2) is 0 Å². The topological polar surface area (TPSA) is 73.1 Å². The van der Waals surface area contributed by atoms with E-state index in [1.165, 1.54) is 15.9 Å². The van der Waals surface area contributed by atoms with Gasteiger partial charge in [-0.2, -0.15) is 0 Å². The summed E-state index contributed by atoms with van der Waals surface area (Å²) in [6, 6.07) is 7.31. The molecule has 18 heavy (non-hydrogen) atoms. The molecule has 0 atom stereocenters. The van der Waals surface area contributed by atoms with Crippen LogP contribution in [0.4, 0.5) is 5.69 Å². The second-order valence-corrected chi connectivity index (χ2v) is 3.63. The third kappa shape index (κ3) is 2.45. The molecule has 0 aliphatic rings. The quantitative estimate of drug-likeness (QED) is 0.779. The Morgan fingerprint density at radius 2 is 2.22 bits per heavy atom. The largest absolute Gasteiger partial charge is 0.495 e. The fraction of sp³-hybridized carbons (Fsp3) is 0.273. The summed E-state index contributed by atoms with van der Waals surface area (Å²) in [5, 5.41) is 10.6. The van der Waals surface area contributed by atoms with Gasteiger partial charge in [-0.3, -0.25) is 4.79 Å². The van der Waals surface area contributed by atoms with E-state index in [-0.39, 0.29) is 12.5 Å². The number of amides is 1. The lowest BCUT2D eigenvalue weighted by Crippen LogP contribution is -2.30. The molecule has 0 saturated heterocycles. The van der Waals surface area contributed by atoms with Gasteiger partial charge in [0.1, 0.15) is 18.6 Å². The Labute approximate surface area is 104 Å². The lowest BCUT2D eigenvalue weighted by molar-refractivity contribution is -0.119. The SMILES string of the molecule is COc1ccccc1N(C)C(=O)Cn1cnnn1. The number of aromatic nitrogens is 4. The summed E-state index contributed by atoms with van der Waals surface area (Å²) in [7, 11) is 3.25. The molecule has 0 unspecified atom stereocenters. The molecule has 0 aliphatic carbocycles. The molecule has 7 nitrogen and oxygen atoms in total. The minimum absolute atomic E-state index is 0.0849. The van der Waals surface area contributed by atoms with E-state index < -0.39 is 0 Å². The molecule has 1 amide bonds. The molecule has 2 aromatic rings. The van der Waals surface area contributed by atoms with E-state index in [0.29, 0.717) is 11.4 Å². The van der Waals surface area contributed by atoms with Gasteiger partial charge in [0.05, 0.1) is 12.8 Å². The number of carbonyl (C=O) groups excluding carboxylic acids is 1. The normalized spacial score (nSPS) is 10.1. The average molecular weight is 247 g/mol. The molecule has 7 heteroatoms. The van der Waals surface area contributed by atoms with Crippen molar-refractivity contribution >= 4 is 11.6 Å². The third-order valence-corrected chi connectivity index (χ3v) is 2.51. The number of carbonyl (C=O) groups is 1. The first-order valence-electron chi connectivity index (χ1n) is 5.32. The molecule has 1 aromatic carbocycles. The molecule has 0 radical (unpaired) electrons. The Morgan fingerprint density at radius 3 is 2.89 bits per heavy atom. The Bertz CT molecular complexity index is 526. The van der Waals surface area contributed by atoms with Gasteiger partial charge in [0, 0.05) is 7.05 Å². The highest BCUT2D eigenvalue weighted by atomic mass is 16.5. The lowest BCUT2D eigenvalue weighted by Gasteiger charge is -2.19. The lowest BCUT2D eigenvalue weighted by atomic mass is 10.2. The number of hydrogen-bond acceptors (Lipinski definition) is 5. The Hall–Kier alpha value is -2.44. The van der Waals surface area contributed by atoms with Gasteiger partial charge in [0.25, 0.3) is 0 Å². The first-order chi connectivity index (χ1) is 8.72. The summed E-state index contributed by atoms with van der Waals surface area (Å²) in [6.45, 7) is 0.0849. The van der Waals surface area contributed by atoms with Crippen LogP contribution in [-0.4, -0.2) is 40.3 Å². The average Bonchev–Trinajstić information content (AvgIpc) is 2.90. The monoisotopic (exact) mass is 247 g/mol. The van der Waals surface area contributed by atoms with E-state index >= 15 is 0 Å². The van der Waals surface area contributed by atoms with Crippen molar-refractivity contribution in [3.63, 3.8) is 0 Å². The van der Waals surface area contributed by atoms with Gasteiger partial charge >= 0.3 is 0 Å². The number of anilines is 1. The van der Waals surface area contributed by atoms with E-state index in [1.54, 1.807) is 20.2 Å². The van der Waals surface area contributed by atoms with Gasteiger partial charge in [-0.1, -0.05) is 12.1 Å². The summed E-state index contributed by atoms with van der Waals surface area (Å²) in [5.74, 6) is 0.511. The van der Waals surface area contributed by atoms with E-state index in [0.717, 1.165) is 0 Å². The van der Waals surface area contributed by atoms with Crippen LogP contribution in [0, 0.1) is 0 Å². The summed E-state index contributed by atoms with van der Waals surface area (Å²) in [5.41, 5.74) is 0.707. The zero-order valence-corrected chi connectivity index (χ0v) is 10.1. The van der Waals surface area contributed by atoms with Crippen molar-refractivity contribution in [2.45, 2.75) is 6.54 Å². The van der Waals surface area contributed by atoms with E-state index in [1.807, 2.05) is 18.2 Å². The van der Waals surface area contributed by atoms with Crippen LogP contribution in [0.5, 0.6) is 5.75 Å².